The van der Waals surface area contributed by atoms with Gasteiger partial charge in [0.15, 0.2) is 0 Å². The summed E-state index contributed by atoms with van der Waals surface area (Å²) in [6, 6.07) is 18.6. The van der Waals surface area contributed by atoms with Gasteiger partial charge in [0.25, 0.3) is 5.91 Å². The van der Waals surface area contributed by atoms with Crippen molar-refractivity contribution in [3.05, 3.63) is 82.7 Å². The molecule has 0 aliphatic heterocycles. The molecule has 0 spiro atoms. The van der Waals surface area contributed by atoms with E-state index in [1.165, 1.54) is 4.90 Å². The molecule has 28 heavy (non-hydrogen) atoms. The van der Waals surface area contributed by atoms with Crippen LogP contribution in [-0.2, 0) is 13.2 Å². The average Bonchev–Trinajstić information content (AvgIpc) is 3.04. The first kappa shape index (κ1) is 19.2. The number of hydrogen-bond donors (Lipinski definition) is 0. The standard InChI is InChI=1S/C22H21N3O3/c1-16-21(17(2)28-24-16)15-27-20-10-8-19(9-11-20)22(26)25(13-12-23)14-18-6-4-3-5-7-18/h3-11H,13-15H2,1-2H3. The molecule has 2 aromatic carbocycles. The normalized spacial score (nSPS) is 10.3. The second-order valence-electron chi connectivity index (χ2n) is 6.42. The molecule has 0 unspecified atom stereocenters. The highest BCUT2D eigenvalue weighted by molar-refractivity contribution is 5.94. The third kappa shape index (κ3) is 4.57. The Morgan fingerprint density at radius 1 is 1.14 bits per heavy atom. The van der Waals surface area contributed by atoms with Gasteiger partial charge in [-0.1, -0.05) is 35.5 Å². The minimum atomic E-state index is -0.192. The van der Waals surface area contributed by atoms with Gasteiger partial charge in [0.1, 0.15) is 24.7 Å². The minimum absolute atomic E-state index is 0.0258. The molecule has 0 atom stereocenters. The Bertz CT molecular complexity index is 953. The lowest BCUT2D eigenvalue weighted by Gasteiger charge is -2.20. The molecular weight excluding hydrogens is 354 g/mol. The van der Waals surface area contributed by atoms with Crippen LogP contribution in [0.25, 0.3) is 0 Å². The van der Waals surface area contributed by atoms with Crippen molar-refractivity contribution in [2.75, 3.05) is 6.54 Å². The lowest BCUT2D eigenvalue weighted by atomic mass is 10.1. The number of nitriles is 1. The molecule has 1 amide bonds. The summed E-state index contributed by atoms with van der Waals surface area (Å²) in [6.45, 7) is 4.48. The van der Waals surface area contributed by atoms with Crippen molar-refractivity contribution in [3.63, 3.8) is 0 Å². The van der Waals surface area contributed by atoms with Gasteiger partial charge in [-0.3, -0.25) is 4.79 Å². The second-order valence-corrected chi connectivity index (χ2v) is 6.42. The molecule has 0 aliphatic rings. The van der Waals surface area contributed by atoms with E-state index in [2.05, 4.69) is 11.2 Å². The van der Waals surface area contributed by atoms with Crippen LogP contribution in [0, 0.1) is 25.2 Å². The molecule has 0 radical (unpaired) electrons. The van der Waals surface area contributed by atoms with Crippen LogP contribution in [0.4, 0.5) is 0 Å². The molecule has 1 aromatic heterocycles. The Balaban J connectivity index is 1.67. The maximum Gasteiger partial charge on any atom is 0.255 e. The van der Waals surface area contributed by atoms with Crippen molar-refractivity contribution in [2.45, 2.75) is 27.0 Å². The monoisotopic (exact) mass is 375 g/mol. The highest BCUT2D eigenvalue weighted by Gasteiger charge is 2.16. The minimum Gasteiger partial charge on any atom is -0.489 e. The number of aryl methyl sites for hydroxylation is 2. The van der Waals surface area contributed by atoms with Gasteiger partial charge in [-0.25, -0.2) is 0 Å². The van der Waals surface area contributed by atoms with Crippen molar-refractivity contribution in [2.24, 2.45) is 0 Å². The number of ether oxygens (including phenoxy) is 1. The first-order chi connectivity index (χ1) is 13.6. The Kier molecular flexibility index (Phi) is 6.07. The third-order valence-electron chi connectivity index (χ3n) is 4.43. The van der Waals surface area contributed by atoms with Crippen molar-refractivity contribution in [3.8, 4) is 11.8 Å². The van der Waals surface area contributed by atoms with E-state index in [0.717, 1.165) is 22.6 Å². The zero-order valence-corrected chi connectivity index (χ0v) is 15.9. The van der Waals surface area contributed by atoms with Gasteiger partial charge < -0.3 is 14.2 Å². The van der Waals surface area contributed by atoms with E-state index in [0.29, 0.717) is 24.5 Å². The van der Waals surface area contributed by atoms with Gasteiger partial charge in [-0.15, -0.1) is 0 Å². The fraction of sp³-hybridized carbons (Fsp3) is 0.227. The summed E-state index contributed by atoms with van der Waals surface area (Å²) in [5, 5.41) is 13.0. The van der Waals surface area contributed by atoms with E-state index in [4.69, 9.17) is 14.5 Å². The van der Waals surface area contributed by atoms with Crippen LogP contribution in [0.2, 0.25) is 0 Å². The fourth-order valence-electron chi connectivity index (χ4n) is 2.83. The quantitative estimate of drug-likeness (QED) is 0.582. The number of hydrogen-bond acceptors (Lipinski definition) is 5. The van der Waals surface area contributed by atoms with Crippen LogP contribution < -0.4 is 4.74 Å². The van der Waals surface area contributed by atoms with Gasteiger partial charge in [0.05, 0.1) is 17.3 Å². The lowest BCUT2D eigenvalue weighted by Crippen LogP contribution is -2.30. The number of rotatable bonds is 7. The number of carbonyl (C=O) groups excluding carboxylic acids is 1. The number of benzene rings is 2. The summed E-state index contributed by atoms with van der Waals surface area (Å²) in [6.07, 6.45) is 0. The first-order valence-corrected chi connectivity index (χ1v) is 8.93. The Hall–Kier alpha value is -3.59. The van der Waals surface area contributed by atoms with Gasteiger partial charge in [-0.2, -0.15) is 5.26 Å². The largest absolute Gasteiger partial charge is 0.489 e. The van der Waals surface area contributed by atoms with Crippen LogP contribution >= 0.6 is 0 Å². The Morgan fingerprint density at radius 2 is 1.86 bits per heavy atom. The van der Waals surface area contributed by atoms with Crippen LogP contribution in [-0.4, -0.2) is 22.5 Å². The predicted octanol–water partition coefficient (Wildman–Crippen LogP) is 4.04. The summed E-state index contributed by atoms with van der Waals surface area (Å²) in [5.41, 5.74) is 3.21. The van der Waals surface area contributed by atoms with E-state index in [1.807, 2.05) is 44.2 Å². The summed E-state index contributed by atoms with van der Waals surface area (Å²) >= 11 is 0. The molecule has 0 aliphatic carbocycles. The number of nitrogens with zero attached hydrogens (tertiary/aromatic N) is 3. The Morgan fingerprint density at radius 3 is 2.46 bits per heavy atom. The van der Waals surface area contributed by atoms with Crippen molar-refractivity contribution >= 4 is 5.91 Å². The molecule has 0 saturated heterocycles. The summed E-state index contributed by atoms with van der Waals surface area (Å²) < 4.78 is 10.9. The SMILES string of the molecule is Cc1noc(C)c1COc1ccc(C(=O)N(CC#N)Cc2ccccc2)cc1. The molecule has 3 rings (SSSR count). The van der Waals surface area contributed by atoms with E-state index >= 15 is 0 Å². The zero-order valence-electron chi connectivity index (χ0n) is 15.9. The van der Waals surface area contributed by atoms with Crippen molar-refractivity contribution < 1.29 is 14.1 Å². The molecule has 0 fully saturated rings. The van der Waals surface area contributed by atoms with Gasteiger partial charge in [0, 0.05) is 12.1 Å². The van der Waals surface area contributed by atoms with Crippen LogP contribution in [0.1, 0.15) is 32.9 Å². The fourth-order valence-corrected chi connectivity index (χ4v) is 2.83. The zero-order chi connectivity index (χ0) is 19.9. The Labute approximate surface area is 163 Å². The van der Waals surface area contributed by atoms with Gasteiger partial charge >= 0.3 is 0 Å². The highest BCUT2D eigenvalue weighted by Crippen LogP contribution is 2.19. The van der Waals surface area contributed by atoms with Crippen molar-refractivity contribution in [1.82, 2.24) is 10.1 Å². The van der Waals surface area contributed by atoms with E-state index < -0.39 is 0 Å². The van der Waals surface area contributed by atoms with Crippen molar-refractivity contribution in [1.29, 1.82) is 5.26 Å². The molecule has 0 bridgehead atoms. The smallest absolute Gasteiger partial charge is 0.255 e. The summed E-state index contributed by atoms with van der Waals surface area (Å²) in [7, 11) is 0. The van der Waals surface area contributed by atoms with Gasteiger partial charge in [-0.05, 0) is 43.7 Å². The lowest BCUT2D eigenvalue weighted by molar-refractivity contribution is 0.0765. The highest BCUT2D eigenvalue weighted by atomic mass is 16.5. The third-order valence-corrected chi connectivity index (χ3v) is 4.43. The number of aromatic nitrogens is 1. The molecule has 1 heterocycles. The van der Waals surface area contributed by atoms with Crippen LogP contribution in [0.5, 0.6) is 5.75 Å². The van der Waals surface area contributed by atoms with E-state index in [1.54, 1.807) is 24.3 Å². The van der Waals surface area contributed by atoms with Crippen LogP contribution in [0.3, 0.4) is 0 Å². The van der Waals surface area contributed by atoms with E-state index in [-0.39, 0.29) is 12.5 Å². The maximum absolute atomic E-state index is 12.8. The summed E-state index contributed by atoms with van der Waals surface area (Å²) in [4.78, 5) is 14.3. The average molecular weight is 375 g/mol. The second kappa shape index (κ2) is 8.87. The van der Waals surface area contributed by atoms with Crippen LogP contribution in [0.15, 0.2) is 59.1 Å². The molecule has 0 saturated carbocycles. The molecule has 142 valence electrons. The van der Waals surface area contributed by atoms with E-state index in [9.17, 15) is 4.79 Å². The molecular formula is C22H21N3O3. The molecule has 6 heteroatoms. The molecule has 3 aromatic rings. The molecule has 0 N–H and O–H groups in total. The number of amides is 1. The molecule has 6 nitrogen and oxygen atoms in total. The van der Waals surface area contributed by atoms with Gasteiger partial charge in [0.2, 0.25) is 0 Å². The topological polar surface area (TPSA) is 79.4 Å². The summed E-state index contributed by atoms with van der Waals surface area (Å²) in [5.74, 6) is 1.19. The number of carbonyl (C=O) groups is 1. The maximum atomic E-state index is 12.8. The first-order valence-electron chi connectivity index (χ1n) is 8.93. The predicted molar refractivity (Wildman–Crippen MR) is 104 cm³/mol.